The zero-order valence-corrected chi connectivity index (χ0v) is 13.8. The van der Waals surface area contributed by atoms with E-state index in [0.717, 1.165) is 12.6 Å². The summed E-state index contributed by atoms with van der Waals surface area (Å²) >= 11 is 1.99. The molecule has 2 aliphatic rings. The lowest BCUT2D eigenvalue weighted by Crippen LogP contribution is -2.61. The second-order valence-corrected chi connectivity index (χ2v) is 8.31. The zero-order valence-electron chi connectivity index (χ0n) is 13.0. The Morgan fingerprint density at radius 2 is 1.85 bits per heavy atom. The van der Waals surface area contributed by atoms with Gasteiger partial charge in [-0.05, 0) is 17.5 Å². The maximum atomic E-state index is 3.37. The Kier molecular flexibility index (Phi) is 4.18. The van der Waals surface area contributed by atoms with Crippen molar-refractivity contribution in [3.05, 3.63) is 21.9 Å². The minimum absolute atomic E-state index is 0.291. The highest BCUT2D eigenvalue weighted by atomic mass is 32.1. The van der Waals surface area contributed by atoms with Crippen LogP contribution < -0.4 is 5.32 Å². The molecular weight excluding hydrogens is 266 g/mol. The summed E-state index contributed by atoms with van der Waals surface area (Å²) < 4.78 is 0. The Balaban J connectivity index is 1.50. The van der Waals surface area contributed by atoms with Gasteiger partial charge in [0.25, 0.3) is 0 Å². The van der Waals surface area contributed by atoms with E-state index in [1.807, 2.05) is 11.3 Å². The third-order valence-corrected chi connectivity index (χ3v) is 5.96. The molecule has 0 radical (unpaired) electrons. The van der Waals surface area contributed by atoms with E-state index >= 15 is 0 Å². The van der Waals surface area contributed by atoms with Crippen LogP contribution in [0.2, 0.25) is 0 Å². The zero-order chi connectivity index (χ0) is 14.2. The van der Waals surface area contributed by atoms with Gasteiger partial charge in [0.2, 0.25) is 0 Å². The first kappa shape index (κ1) is 14.5. The lowest BCUT2D eigenvalue weighted by atomic mass is 9.95. The molecule has 0 aromatic carbocycles. The molecule has 1 N–H and O–H groups in total. The van der Waals surface area contributed by atoms with Crippen molar-refractivity contribution in [3.63, 3.8) is 0 Å². The topological polar surface area (TPSA) is 18.5 Å². The molecule has 1 aromatic rings. The Hall–Kier alpha value is -0.420. The number of piperazine rings is 1. The molecule has 3 rings (SSSR count). The fraction of sp³-hybridized carbons (Fsp3) is 0.750. The average Bonchev–Trinajstić information content (AvgIpc) is 2.78. The standard InChI is InChI=1S/C16H27N3S/c1-16(2,3)15-5-4-14(20-15)12-18-6-8-19(9-7-18)13-10-17-11-13/h4-5,13,17H,6-12H2,1-3H3. The molecule has 0 amide bonds. The lowest BCUT2D eigenvalue weighted by Gasteiger charge is -2.43. The van der Waals surface area contributed by atoms with Crippen LogP contribution in [0.15, 0.2) is 12.1 Å². The molecule has 0 saturated carbocycles. The number of hydrogen-bond acceptors (Lipinski definition) is 4. The van der Waals surface area contributed by atoms with Crippen molar-refractivity contribution in [1.29, 1.82) is 0 Å². The fourth-order valence-corrected chi connectivity index (χ4v) is 4.01. The van der Waals surface area contributed by atoms with Gasteiger partial charge in [-0.1, -0.05) is 20.8 Å². The third kappa shape index (κ3) is 3.25. The van der Waals surface area contributed by atoms with Crippen molar-refractivity contribution in [2.75, 3.05) is 39.3 Å². The second kappa shape index (κ2) is 5.76. The maximum absolute atomic E-state index is 3.37. The SMILES string of the molecule is CC(C)(C)c1ccc(CN2CCN(C3CNC3)CC2)s1. The highest BCUT2D eigenvalue weighted by Gasteiger charge is 2.27. The molecule has 3 heterocycles. The van der Waals surface area contributed by atoms with E-state index in [1.165, 1.54) is 49.0 Å². The van der Waals surface area contributed by atoms with Crippen molar-refractivity contribution in [1.82, 2.24) is 15.1 Å². The molecule has 20 heavy (non-hydrogen) atoms. The second-order valence-electron chi connectivity index (χ2n) is 7.14. The minimum Gasteiger partial charge on any atom is -0.314 e. The molecule has 2 aliphatic heterocycles. The molecule has 0 unspecified atom stereocenters. The maximum Gasteiger partial charge on any atom is 0.0346 e. The van der Waals surface area contributed by atoms with Gasteiger partial charge in [-0.3, -0.25) is 9.80 Å². The van der Waals surface area contributed by atoms with Crippen LogP contribution in [0.3, 0.4) is 0 Å². The third-order valence-electron chi connectivity index (χ3n) is 4.46. The van der Waals surface area contributed by atoms with E-state index in [2.05, 4.69) is 48.0 Å². The van der Waals surface area contributed by atoms with Crippen LogP contribution in [-0.4, -0.2) is 55.1 Å². The lowest BCUT2D eigenvalue weighted by molar-refractivity contribution is 0.0700. The van der Waals surface area contributed by atoms with Crippen LogP contribution in [0.25, 0.3) is 0 Å². The van der Waals surface area contributed by atoms with Crippen LogP contribution in [0, 0.1) is 0 Å². The summed E-state index contributed by atoms with van der Waals surface area (Å²) in [6, 6.07) is 5.45. The van der Waals surface area contributed by atoms with Crippen molar-refractivity contribution in [2.45, 2.75) is 38.8 Å². The first-order valence-corrected chi connectivity index (χ1v) is 8.60. The quantitative estimate of drug-likeness (QED) is 0.921. The highest BCUT2D eigenvalue weighted by Crippen LogP contribution is 2.30. The smallest absolute Gasteiger partial charge is 0.0346 e. The van der Waals surface area contributed by atoms with Gasteiger partial charge < -0.3 is 5.32 Å². The molecule has 112 valence electrons. The van der Waals surface area contributed by atoms with E-state index in [1.54, 1.807) is 0 Å². The summed E-state index contributed by atoms with van der Waals surface area (Å²) in [5, 5.41) is 3.37. The summed E-state index contributed by atoms with van der Waals surface area (Å²) in [6.07, 6.45) is 0. The molecular formula is C16H27N3S. The molecule has 2 fully saturated rings. The van der Waals surface area contributed by atoms with Crippen molar-refractivity contribution in [2.24, 2.45) is 0 Å². The highest BCUT2D eigenvalue weighted by molar-refractivity contribution is 7.12. The van der Waals surface area contributed by atoms with Crippen LogP contribution in [-0.2, 0) is 12.0 Å². The van der Waals surface area contributed by atoms with E-state index < -0.39 is 0 Å². The van der Waals surface area contributed by atoms with Crippen molar-refractivity contribution < 1.29 is 0 Å². The Morgan fingerprint density at radius 3 is 2.35 bits per heavy atom. The monoisotopic (exact) mass is 293 g/mol. The van der Waals surface area contributed by atoms with Gasteiger partial charge in [-0.15, -0.1) is 11.3 Å². The molecule has 0 aliphatic carbocycles. The molecule has 4 heteroatoms. The first-order valence-electron chi connectivity index (χ1n) is 7.79. The van der Waals surface area contributed by atoms with Gasteiger partial charge >= 0.3 is 0 Å². The molecule has 2 saturated heterocycles. The number of rotatable bonds is 3. The number of thiophene rings is 1. The number of nitrogens with one attached hydrogen (secondary N) is 1. The predicted octanol–water partition coefficient (Wildman–Crippen LogP) is 2.13. The summed E-state index contributed by atoms with van der Waals surface area (Å²) in [6.45, 7) is 15.3. The van der Waals surface area contributed by atoms with Crippen molar-refractivity contribution >= 4 is 11.3 Å². The largest absolute Gasteiger partial charge is 0.314 e. The Labute approximate surface area is 127 Å². The van der Waals surface area contributed by atoms with Gasteiger partial charge in [-0.25, -0.2) is 0 Å². The molecule has 3 nitrogen and oxygen atoms in total. The van der Waals surface area contributed by atoms with Gasteiger partial charge in [0.15, 0.2) is 0 Å². The Bertz CT molecular complexity index is 437. The van der Waals surface area contributed by atoms with E-state index in [9.17, 15) is 0 Å². The van der Waals surface area contributed by atoms with E-state index in [0.29, 0.717) is 5.41 Å². The Morgan fingerprint density at radius 1 is 1.15 bits per heavy atom. The van der Waals surface area contributed by atoms with Crippen LogP contribution in [0.1, 0.15) is 30.5 Å². The summed E-state index contributed by atoms with van der Waals surface area (Å²) in [5.74, 6) is 0. The normalized spacial score (nSPS) is 22.9. The van der Waals surface area contributed by atoms with Gasteiger partial charge in [0.05, 0.1) is 0 Å². The van der Waals surface area contributed by atoms with Crippen LogP contribution in [0.4, 0.5) is 0 Å². The summed E-state index contributed by atoms with van der Waals surface area (Å²) in [4.78, 5) is 8.29. The predicted molar refractivity (Wildman–Crippen MR) is 86.5 cm³/mol. The summed E-state index contributed by atoms with van der Waals surface area (Å²) in [7, 11) is 0. The molecule has 0 bridgehead atoms. The van der Waals surface area contributed by atoms with E-state index in [4.69, 9.17) is 0 Å². The molecule has 0 atom stereocenters. The number of hydrogen-bond donors (Lipinski definition) is 1. The van der Waals surface area contributed by atoms with Gasteiger partial charge in [0, 0.05) is 61.6 Å². The van der Waals surface area contributed by atoms with Crippen molar-refractivity contribution in [3.8, 4) is 0 Å². The van der Waals surface area contributed by atoms with E-state index in [-0.39, 0.29) is 0 Å². The first-order chi connectivity index (χ1) is 9.52. The summed E-state index contributed by atoms with van der Waals surface area (Å²) in [5.41, 5.74) is 0.291. The van der Waals surface area contributed by atoms with Gasteiger partial charge in [-0.2, -0.15) is 0 Å². The fourth-order valence-electron chi connectivity index (χ4n) is 2.90. The van der Waals surface area contributed by atoms with Crippen LogP contribution in [0.5, 0.6) is 0 Å². The minimum atomic E-state index is 0.291. The van der Waals surface area contributed by atoms with Crippen LogP contribution >= 0.6 is 11.3 Å². The number of nitrogens with zero attached hydrogens (tertiary/aromatic N) is 2. The average molecular weight is 293 g/mol. The molecule has 1 aromatic heterocycles. The molecule has 0 spiro atoms. The van der Waals surface area contributed by atoms with Gasteiger partial charge in [0.1, 0.15) is 0 Å².